The summed E-state index contributed by atoms with van der Waals surface area (Å²) in [5.41, 5.74) is 3.03. The summed E-state index contributed by atoms with van der Waals surface area (Å²) in [5.74, 6) is 0.383. The Morgan fingerprint density at radius 1 is 1.43 bits per heavy atom. The van der Waals surface area contributed by atoms with Crippen LogP contribution in [-0.2, 0) is 11.2 Å². The average Bonchev–Trinajstić information content (AvgIpc) is 2.18. The van der Waals surface area contributed by atoms with Gasteiger partial charge in [-0.2, -0.15) is 4.99 Å². The lowest BCUT2D eigenvalue weighted by Gasteiger charge is -2.11. The largest absolute Gasteiger partial charge is 0.240 e. The summed E-state index contributed by atoms with van der Waals surface area (Å²) in [6.07, 6.45) is 2.52. The lowest BCUT2D eigenvalue weighted by molar-refractivity contribution is 0.565. The van der Waals surface area contributed by atoms with E-state index in [9.17, 15) is 4.79 Å². The van der Waals surface area contributed by atoms with Gasteiger partial charge in [-0.05, 0) is 23.5 Å². The second-order valence-electron chi connectivity index (χ2n) is 3.57. The zero-order valence-electron chi connectivity index (χ0n) is 8.87. The van der Waals surface area contributed by atoms with Gasteiger partial charge >= 0.3 is 0 Å². The normalized spacial score (nSPS) is 10.0. The van der Waals surface area contributed by atoms with Crippen molar-refractivity contribution in [1.82, 2.24) is 0 Å². The minimum atomic E-state index is 0.383. The summed E-state index contributed by atoms with van der Waals surface area (Å²) in [5, 5.41) is 0. The van der Waals surface area contributed by atoms with E-state index in [-0.39, 0.29) is 0 Å². The van der Waals surface area contributed by atoms with E-state index in [1.165, 1.54) is 0 Å². The molecule has 0 aliphatic carbocycles. The van der Waals surface area contributed by atoms with E-state index in [0.717, 1.165) is 23.2 Å². The van der Waals surface area contributed by atoms with E-state index in [1.54, 1.807) is 6.08 Å². The molecular weight excluding hydrogens is 174 g/mol. The van der Waals surface area contributed by atoms with E-state index in [1.807, 2.05) is 18.2 Å². The highest BCUT2D eigenvalue weighted by Gasteiger charge is 2.08. The van der Waals surface area contributed by atoms with Crippen molar-refractivity contribution in [2.24, 2.45) is 4.99 Å². The number of aliphatic imine (C=N–C) groups is 1. The van der Waals surface area contributed by atoms with Crippen molar-refractivity contribution in [3.8, 4) is 0 Å². The van der Waals surface area contributed by atoms with Gasteiger partial charge in [-0.3, -0.25) is 0 Å². The molecule has 0 unspecified atom stereocenters. The van der Waals surface area contributed by atoms with E-state index in [0.29, 0.717) is 5.92 Å². The number of hydrogen-bond donors (Lipinski definition) is 0. The number of isocyanates is 1. The molecule has 1 rings (SSSR count). The Balaban J connectivity index is 3.34. The lowest BCUT2D eigenvalue weighted by atomic mass is 9.97. The van der Waals surface area contributed by atoms with Crippen LogP contribution in [0, 0.1) is 0 Å². The third kappa shape index (κ3) is 2.09. The SMILES string of the molecule is CCc1cccc(C(C)C)c1N=C=O. The molecule has 0 aromatic heterocycles. The van der Waals surface area contributed by atoms with Crippen molar-refractivity contribution < 1.29 is 4.79 Å². The highest BCUT2D eigenvalue weighted by atomic mass is 16.1. The Kier molecular flexibility index (Phi) is 3.61. The first-order valence-corrected chi connectivity index (χ1v) is 4.90. The summed E-state index contributed by atoms with van der Waals surface area (Å²) < 4.78 is 0. The molecule has 14 heavy (non-hydrogen) atoms. The summed E-state index contributed by atoms with van der Waals surface area (Å²) in [4.78, 5) is 14.1. The zero-order valence-corrected chi connectivity index (χ0v) is 8.87. The van der Waals surface area contributed by atoms with E-state index < -0.39 is 0 Å². The smallest absolute Gasteiger partial charge is 0.211 e. The van der Waals surface area contributed by atoms with Gasteiger partial charge in [0.1, 0.15) is 0 Å². The van der Waals surface area contributed by atoms with Crippen LogP contribution in [0.4, 0.5) is 5.69 Å². The summed E-state index contributed by atoms with van der Waals surface area (Å²) >= 11 is 0. The van der Waals surface area contributed by atoms with Crippen LogP contribution in [0.25, 0.3) is 0 Å². The Morgan fingerprint density at radius 2 is 2.14 bits per heavy atom. The number of nitrogens with zero attached hydrogens (tertiary/aromatic N) is 1. The van der Waals surface area contributed by atoms with E-state index >= 15 is 0 Å². The molecule has 74 valence electrons. The van der Waals surface area contributed by atoms with Crippen LogP contribution < -0.4 is 0 Å². The first-order valence-electron chi connectivity index (χ1n) is 4.90. The molecular formula is C12H15NO. The van der Waals surface area contributed by atoms with Crippen molar-refractivity contribution in [3.63, 3.8) is 0 Å². The quantitative estimate of drug-likeness (QED) is 0.529. The molecule has 0 radical (unpaired) electrons. The predicted octanol–water partition coefficient (Wildman–Crippen LogP) is 3.34. The van der Waals surface area contributed by atoms with Crippen molar-refractivity contribution in [2.75, 3.05) is 0 Å². The van der Waals surface area contributed by atoms with Crippen LogP contribution in [0.5, 0.6) is 0 Å². The average molecular weight is 189 g/mol. The first-order chi connectivity index (χ1) is 6.70. The second-order valence-corrected chi connectivity index (χ2v) is 3.57. The molecule has 1 aromatic rings. The topological polar surface area (TPSA) is 29.4 Å². The Morgan fingerprint density at radius 3 is 2.64 bits per heavy atom. The van der Waals surface area contributed by atoms with E-state index in [4.69, 9.17) is 0 Å². The standard InChI is InChI=1S/C12H15NO/c1-4-10-6-5-7-11(9(2)3)12(10)13-8-14/h5-7,9H,4H2,1-3H3. The van der Waals surface area contributed by atoms with E-state index in [2.05, 4.69) is 25.8 Å². The minimum Gasteiger partial charge on any atom is -0.211 e. The van der Waals surface area contributed by atoms with Crippen LogP contribution in [0.2, 0.25) is 0 Å². The fraction of sp³-hybridized carbons (Fsp3) is 0.417. The fourth-order valence-electron chi connectivity index (χ4n) is 1.54. The highest BCUT2D eigenvalue weighted by molar-refractivity contribution is 5.59. The molecule has 0 saturated carbocycles. The minimum absolute atomic E-state index is 0.383. The van der Waals surface area contributed by atoms with Gasteiger partial charge in [-0.25, -0.2) is 4.79 Å². The summed E-state index contributed by atoms with van der Waals surface area (Å²) in [7, 11) is 0. The fourth-order valence-corrected chi connectivity index (χ4v) is 1.54. The summed E-state index contributed by atoms with van der Waals surface area (Å²) in [6.45, 7) is 6.25. The van der Waals surface area contributed by atoms with Gasteiger partial charge in [0, 0.05) is 0 Å². The zero-order chi connectivity index (χ0) is 10.6. The van der Waals surface area contributed by atoms with Crippen LogP contribution >= 0.6 is 0 Å². The molecule has 2 heteroatoms. The van der Waals surface area contributed by atoms with Crippen LogP contribution in [0.15, 0.2) is 23.2 Å². The van der Waals surface area contributed by atoms with Crippen molar-refractivity contribution >= 4 is 11.8 Å². The molecule has 0 bridgehead atoms. The van der Waals surface area contributed by atoms with Crippen LogP contribution in [0.1, 0.15) is 37.8 Å². The van der Waals surface area contributed by atoms with Crippen molar-refractivity contribution in [2.45, 2.75) is 33.1 Å². The molecule has 0 saturated heterocycles. The highest BCUT2D eigenvalue weighted by Crippen LogP contribution is 2.30. The maximum Gasteiger partial charge on any atom is 0.240 e. The maximum atomic E-state index is 10.3. The van der Waals surface area contributed by atoms with Crippen molar-refractivity contribution in [1.29, 1.82) is 0 Å². The Hall–Kier alpha value is -1.40. The molecule has 0 heterocycles. The van der Waals surface area contributed by atoms with Gasteiger partial charge in [0.25, 0.3) is 0 Å². The summed E-state index contributed by atoms with van der Waals surface area (Å²) in [6, 6.07) is 6.03. The molecule has 1 aromatic carbocycles. The van der Waals surface area contributed by atoms with Gasteiger partial charge in [0.2, 0.25) is 6.08 Å². The van der Waals surface area contributed by atoms with Gasteiger partial charge in [-0.15, -0.1) is 0 Å². The lowest BCUT2D eigenvalue weighted by Crippen LogP contribution is -1.91. The number of benzene rings is 1. The number of hydrogen-bond acceptors (Lipinski definition) is 2. The van der Waals surface area contributed by atoms with Crippen LogP contribution in [0.3, 0.4) is 0 Å². The molecule has 0 atom stereocenters. The molecule has 0 aliphatic rings. The second kappa shape index (κ2) is 4.73. The van der Waals surface area contributed by atoms with Gasteiger partial charge in [-0.1, -0.05) is 39.0 Å². The van der Waals surface area contributed by atoms with Crippen molar-refractivity contribution in [3.05, 3.63) is 29.3 Å². The predicted molar refractivity (Wildman–Crippen MR) is 57.7 cm³/mol. The molecule has 0 spiro atoms. The number of para-hydroxylation sites is 1. The van der Waals surface area contributed by atoms with Gasteiger partial charge in [0.05, 0.1) is 5.69 Å². The van der Waals surface area contributed by atoms with Crippen LogP contribution in [-0.4, -0.2) is 6.08 Å². The third-order valence-electron chi connectivity index (χ3n) is 2.31. The molecule has 0 amide bonds. The monoisotopic (exact) mass is 189 g/mol. The molecule has 0 N–H and O–H groups in total. The maximum absolute atomic E-state index is 10.3. The number of carbonyl (C=O) groups excluding carboxylic acids is 1. The van der Waals surface area contributed by atoms with Gasteiger partial charge < -0.3 is 0 Å². The Bertz CT molecular complexity index is 363. The number of rotatable bonds is 3. The molecule has 0 fully saturated rings. The molecule has 2 nitrogen and oxygen atoms in total. The first kappa shape index (κ1) is 10.7. The third-order valence-corrected chi connectivity index (χ3v) is 2.31. The van der Waals surface area contributed by atoms with Gasteiger partial charge in [0.15, 0.2) is 0 Å². The molecule has 0 aliphatic heterocycles. The Labute approximate surface area is 84.7 Å². The number of aryl methyl sites for hydroxylation is 1.